The molecule has 0 aliphatic heterocycles. The Bertz CT molecular complexity index is 772. The van der Waals surface area contributed by atoms with Gasteiger partial charge >= 0.3 is 0 Å². The highest BCUT2D eigenvalue weighted by Gasteiger charge is 2.26. The Balaban J connectivity index is 2.23. The lowest BCUT2D eigenvalue weighted by molar-refractivity contribution is -0.121. The third-order valence-corrected chi connectivity index (χ3v) is 5.70. The Kier molecular flexibility index (Phi) is 5.09. The van der Waals surface area contributed by atoms with Gasteiger partial charge in [0.25, 0.3) is 0 Å². The van der Waals surface area contributed by atoms with Gasteiger partial charge in [-0.3, -0.25) is 4.79 Å². The molecule has 0 aliphatic carbocycles. The number of hydrogen-bond donors (Lipinski definition) is 1. The van der Waals surface area contributed by atoms with Crippen molar-refractivity contribution >= 4 is 38.7 Å². The summed E-state index contributed by atoms with van der Waals surface area (Å²) in [5.41, 5.74) is 0.866. The molecule has 0 fully saturated rings. The first kappa shape index (κ1) is 16.8. The van der Waals surface area contributed by atoms with Crippen LogP contribution in [0.5, 0.6) is 0 Å². The average molecular weight is 342 g/mol. The summed E-state index contributed by atoms with van der Waals surface area (Å²) >= 11 is 0.958. The first-order chi connectivity index (χ1) is 10.4. The van der Waals surface area contributed by atoms with Crippen molar-refractivity contribution in [3.05, 3.63) is 18.2 Å². The van der Waals surface area contributed by atoms with Crippen LogP contribution in [-0.4, -0.2) is 47.0 Å². The van der Waals surface area contributed by atoms with Crippen LogP contribution in [0.1, 0.15) is 20.3 Å². The molecular formula is C13H18N4O3S2. The first-order valence-corrected chi connectivity index (χ1v) is 9.00. The number of nitrogens with zero attached hydrogens (tertiary/aromatic N) is 3. The molecule has 0 bridgehead atoms. The molecule has 9 heteroatoms. The quantitative estimate of drug-likeness (QED) is 0.852. The maximum atomic E-state index is 12.6. The molecule has 1 aromatic heterocycles. The van der Waals surface area contributed by atoms with Crippen LogP contribution < -0.4 is 5.32 Å². The van der Waals surface area contributed by atoms with E-state index in [9.17, 15) is 13.2 Å². The molecule has 0 radical (unpaired) electrons. The molecule has 1 N–H and O–H groups in total. The molecule has 2 aromatic rings. The van der Waals surface area contributed by atoms with Gasteiger partial charge in [-0.25, -0.2) is 8.42 Å². The number of hydrogen-bond acceptors (Lipinski definition) is 6. The largest absolute Gasteiger partial charge is 0.353 e. The highest BCUT2D eigenvalue weighted by molar-refractivity contribution is 7.89. The molecule has 1 atom stereocenters. The summed E-state index contributed by atoms with van der Waals surface area (Å²) in [6.07, 6.45) is 0.784. The number of sulfonamides is 1. The molecular weight excluding hydrogens is 324 g/mol. The van der Waals surface area contributed by atoms with Crippen LogP contribution >= 0.6 is 11.7 Å². The molecule has 1 aromatic carbocycles. The fraction of sp³-hybridized carbons (Fsp3) is 0.462. The van der Waals surface area contributed by atoms with Crippen molar-refractivity contribution in [2.24, 2.45) is 0 Å². The number of likely N-dealkylation sites (N-methyl/N-ethyl adjacent to an activating group) is 1. The van der Waals surface area contributed by atoms with E-state index in [0.29, 0.717) is 11.0 Å². The van der Waals surface area contributed by atoms with Gasteiger partial charge in [0.05, 0.1) is 18.3 Å². The molecule has 22 heavy (non-hydrogen) atoms. The van der Waals surface area contributed by atoms with Crippen LogP contribution in [0.15, 0.2) is 23.1 Å². The maximum absolute atomic E-state index is 12.6. The molecule has 1 heterocycles. The van der Waals surface area contributed by atoms with E-state index in [1.165, 1.54) is 13.1 Å². The third kappa shape index (κ3) is 3.42. The van der Waals surface area contributed by atoms with Crippen LogP contribution in [0, 0.1) is 0 Å². The lowest BCUT2D eigenvalue weighted by atomic mass is 10.2. The number of carbonyl (C=O) groups is 1. The molecule has 120 valence electrons. The second-order valence-electron chi connectivity index (χ2n) is 5.03. The first-order valence-electron chi connectivity index (χ1n) is 6.83. The van der Waals surface area contributed by atoms with Crippen LogP contribution in [0.4, 0.5) is 0 Å². The molecule has 0 saturated carbocycles. The molecule has 0 saturated heterocycles. The smallest absolute Gasteiger partial charge is 0.245 e. The van der Waals surface area contributed by atoms with E-state index < -0.39 is 10.0 Å². The van der Waals surface area contributed by atoms with Crippen molar-refractivity contribution in [1.82, 2.24) is 18.4 Å². The standard InChI is InChI=1S/C13H18N4O3S2/c1-4-9(2)14-12(18)8-17(3)22(19,20)11-7-5-6-10-13(11)16-21-15-10/h5-7,9H,4,8H2,1-3H3,(H,14,18). The fourth-order valence-electron chi connectivity index (χ4n) is 1.87. The summed E-state index contributed by atoms with van der Waals surface area (Å²) in [5.74, 6) is -0.330. The Hall–Kier alpha value is -1.58. The Morgan fingerprint density at radius 3 is 2.82 bits per heavy atom. The van der Waals surface area contributed by atoms with Gasteiger partial charge in [0, 0.05) is 13.1 Å². The van der Waals surface area contributed by atoms with Crippen molar-refractivity contribution in [2.45, 2.75) is 31.2 Å². The normalized spacial score (nSPS) is 13.5. The summed E-state index contributed by atoms with van der Waals surface area (Å²) in [6.45, 7) is 3.58. The summed E-state index contributed by atoms with van der Waals surface area (Å²) in [6, 6.07) is 4.80. The summed E-state index contributed by atoms with van der Waals surface area (Å²) < 4.78 is 34.3. The van der Waals surface area contributed by atoms with Crippen molar-refractivity contribution in [3.8, 4) is 0 Å². The highest BCUT2D eigenvalue weighted by Crippen LogP contribution is 2.23. The van der Waals surface area contributed by atoms with Crippen LogP contribution in [0.3, 0.4) is 0 Å². The van der Waals surface area contributed by atoms with Gasteiger partial charge in [-0.05, 0) is 25.5 Å². The molecule has 0 spiro atoms. The Labute approximate surface area is 133 Å². The third-order valence-electron chi connectivity index (χ3n) is 3.32. The number of nitrogens with one attached hydrogen (secondary N) is 1. The van der Waals surface area contributed by atoms with E-state index in [-0.39, 0.29) is 23.4 Å². The zero-order valence-corrected chi connectivity index (χ0v) is 14.2. The number of amides is 1. The van der Waals surface area contributed by atoms with Crippen LogP contribution in [-0.2, 0) is 14.8 Å². The Morgan fingerprint density at radius 1 is 1.41 bits per heavy atom. The van der Waals surface area contributed by atoms with E-state index in [1.807, 2.05) is 13.8 Å². The van der Waals surface area contributed by atoms with Gasteiger partial charge in [0.2, 0.25) is 15.9 Å². The second kappa shape index (κ2) is 6.67. The topological polar surface area (TPSA) is 92.3 Å². The van der Waals surface area contributed by atoms with Crippen LogP contribution in [0.25, 0.3) is 11.0 Å². The molecule has 1 amide bonds. The van der Waals surface area contributed by atoms with E-state index >= 15 is 0 Å². The SMILES string of the molecule is CCC(C)NC(=O)CN(C)S(=O)(=O)c1cccc2nsnc12. The van der Waals surface area contributed by atoms with Gasteiger partial charge in [0.15, 0.2) is 0 Å². The van der Waals surface area contributed by atoms with Gasteiger partial charge in [-0.15, -0.1) is 0 Å². The van der Waals surface area contributed by atoms with Crippen LogP contribution in [0.2, 0.25) is 0 Å². The molecule has 0 aliphatic rings. The minimum atomic E-state index is -3.80. The van der Waals surface area contributed by atoms with Crippen molar-refractivity contribution in [1.29, 1.82) is 0 Å². The summed E-state index contributed by atoms with van der Waals surface area (Å²) in [7, 11) is -2.42. The van der Waals surface area contributed by atoms with Gasteiger partial charge in [0.1, 0.15) is 15.9 Å². The monoisotopic (exact) mass is 342 g/mol. The molecule has 1 unspecified atom stereocenters. The predicted octanol–water partition coefficient (Wildman–Crippen LogP) is 1.23. The highest BCUT2D eigenvalue weighted by atomic mass is 32.2. The van der Waals surface area contributed by atoms with Gasteiger partial charge in [-0.2, -0.15) is 13.1 Å². The van der Waals surface area contributed by atoms with Crippen molar-refractivity contribution < 1.29 is 13.2 Å². The average Bonchev–Trinajstić information content (AvgIpc) is 2.94. The maximum Gasteiger partial charge on any atom is 0.245 e. The number of rotatable bonds is 6. The lowest BCUT2D eigenvalue weighted by Gasteiger charge is -2.18. The van der Waals surface area contributed by atoms with E-state index in [1.54, 1.807) is 12.1 Å². The molecule has 7 nitrogen and oxygen atoms in total. The minimum absolute atomic E-state index is 0.00905. The van der Waals surface area contributed by atoms with Gasteiger partial charge < -0.3 is 5.32 Å². The lowest BCUT2D eigenvalue weighted by Crippen LogP contribution is -2.41. The fourth-order valence-corrected chi connectivity index (χ4v) is 3.74. The Morgan fingerprint density at radius 2 is 2.14 bits per heavy atom. The van der Waals surface area contributed by atoms with E-state index in [4.69, 9.17) is 0 Å². The van der Waals surface area contributed by atoms with E-state index in [0.717, 1.165) is 22.5 Å². The summed E-state index contributed by atoms with van der Waals surface area (Å²) in [4.78, 5) is 11.9. The number of fused-ring (bicyclic) bond motifs is 1. The van der Waals surface area contributed by atoms with Crippen molar-refractivity contribution in [2.75, 3.05) is 13.6 Å². The number of benzene rings is 1. The predicted molar refractivity (Wildman–Crippen MR) is 85.1 cm³/mol. The zero-order valence-electron chi connectivity index (χ0n) is 12.6. The number of carbonyl (C=O) groups excluding carboxylic acids is 1. The number of aromatic nitrogens is 2. The van der Waals surface area contributed by atoms with E-state index in [2.05, 4.69) is 14.1 Å². The zero-order chi connectivity index (χ0) is 16.3. The molecule has 2 rings (SSSR count). The van der Waals surface area contributed by atoms with Gasteiger partial charge in [-0.1, -0.05) is 13.0 Å². The van der Waals surface area contributed by atoms with Crippen molar-refractivity contribution in [3.63, 3.8) is 0 Å². The second-order valence-corrected chi connectivity index (χ2v) is 7.57. The minimum Gasteiger partial charge on any atom is -0.353 e. The summed E-state index contributed by atoms with van der Waals surface area (Å²) in [5, 5.41) is 2.75.